The van der Waals surface area contributed by atoms with Gasteiger partial charge in [-0.05, 0) is 163 Å². The maximum absolute atomic E-state index is 5.60. The molecule has 8 heteroatoms. The lowest BCUT2D eigenvalue weighted by atomic mass is 9.95. The van der Waals surface area contributed by atoms with Crippen LogP contribution in [0.4, 0.5) is 34.6 Å². The van der Waals surface area contributed by atoms with Gasteiger partial charge in [0.15, 0.2) is 23.3 Å². The van der Waals surface area contributed by atoms with Gasteiger partial charge in [-0.2, -0.15) is 19.9 Å². The fraction of sp³-hybridized carbons (Fsp3) is 0.0789. The third kappa shape index (κ3) is 10.6. The summed E-state index contributed by atoms with van der Waals surface area (Å²) in [5.74, 6) is 2.60. The lowest BCUT2D eigenvalue weighted by molar-refractivity contribution is 0.964. The molecule has 84 heavy (non-hydrogen) atoms. The predicted octanol–water partition coefficient (Wildman–Crippen LogP) is 19.7. The topological polar surface area (TPSA) is 83.8 Å². The van der Waals surface area contributed by atoms with Crippen molar-refractivity contribution in [3.05, 3.63) is 288 Å². The lowest BCUT2D eigenvalue weighted by Gasteiger charge is -2.32. The molecule has 8 nitrogen and oxygen atoms in total. The van der Waals surface area contributed by atoms with E-state index in [2.05, 4.69) is 222 Å². The first-order chi connectivity index (χ1) is 41.1. The highest BCUT2D eigenvalue weighted by atomic mass is 15.4. The van der Waals surface area contributed by atoms with Crippen molar-refractivity contribution in [2.24, 2.45) is 0 Å². The Bertz CT molecular complexity index is 4370. The monoisotopic (exact) mass is 1080 g/mol. The van der Waals surface area contributed by atoms with E-state index in [1.807, 2.05) is 83.8 Å². The third-order valence-corrected chi connectivity index (χ3v) is 15.4. The molecule has 2 aromatic heterocycles. The molecule has 0 N–H and O–H groups in total. The van der Waals surface area contributed by atoms with Crippen molar-refractivity contribution in [2.75, 3.05) is 9.80 Å². The molecule has 0 aliphatic carbocycles. The third-order valence-electron chi connectivity index (χ3n) is 15.4. The Labute approximate surface area is 491 Å². The minimum atomic E-state index is 0.322. The highest BCUT2D eigenvalue weighted by Crippen LogP contribution is 2.45. The molecule has 0 aliphatic rings. The standard InChI is InChI=1S/C76H60N8/c1-49-40-51(3)69(52(4)41-49)83(70-53(5)42-50(2)43-54(70)6)65-36-38-66(39-37-65)84(76-80-72(59-32-20-11-21-33-59)78-74(82-76)68-48-61-35-23-22-34-60(61)47-67(68)57-28-16-9-17-29-57)75-79-71(58-30-18-10-19-31-58)77-73(81-75)64-45-62(55-24-12-7-13-25-55)44-63(46-64)56-26-14-8-15-27-56/h7-48H,1-6H3. The van der Waals surface area contributed by atoms with Gasteiger partial charge < -0.3 is 4.90 Å². The Hall–Kier alpha value is -10.7. The van der Waals surface area contributed by atoms with Crippen LogP contribution in [0.25, 0.3) is 89.7 Å². The molecule has 0 bridgehead atoms. The molecule has 0 spiro atoms. The fourth-order valence-electron chi connectivity index (χ4n) is 11.7. The van der Waals surface area contributed by atoms with Crippen molar-refractivity contribution in [2.45, 2.75) is 41.5 Å². The molecule has 13 rings (SSSR count). The minimum absolute atomic E-state index is 0.322. The highest BCUT2D eigenvalue weighted by molar-refractivity contribution is 5.96. The fourth-order valence-corrected chi connectivity index (χ4v) is 11.7. The number of hydrogen-bond donors (Lipinski definition) is 0. The first-order valence-electron chi connectivity index (χ1n) is 28.4. The van der Waals surface area contributed by atoms with Crippen LogP contribution in [-0.4, -0.2) is 29.9 Å². The van der Waals surface area contributed by atoms with Crippen LogP contribution in [0.3, 0.4) is 0 Å². The number of hydrogen-bond acceptors (Lipinski definition) is 8. The van der Waals surface area contributed by atoms with Gasteiger partial charge in [0.25, 0.3) is 0 Å². The Kier molecular flexibility index (Phi) is 14.2. The number of aryl methyl sites for hydroxylation is 6. The van der Waals surface area contributed by atoms with Crippen LogP contribution in [0.1, 0.15) is 33.4 Å². The van der Waals surface area contributed by atoms with Gasteiger partial charge >= 0.3 is 0 Å². The first kappa shape index (κ1) is 52.7. The van der Waals surface area contributed by atoms with Crippen molar-refractivity contribution in [1.29, 1.82) is 0 Å². The maximum Gasteiger partial charge on any atom is 0.241 e. The van der Waals surface area contributed by atoms with Crippen LogP contribution < -0.4 is 9.80 Å². The minimum Gasteiger partial charge on any atom is -0.309 e. The van der Waals surface area contributed by atoms with E-state index in [1.54, 1.807) is 0 Å². The van der Waals surface area contributed by atoms with Gasteiger partial charge in [-0.25, -0.2) is 14.9 Å². The van der Waals surface area contributed by atoms with Crippen LogP contribution in [0, 0.1) is 41.5 Å². The van der Waals surface area contributed by atoms with Crippen LogP contribution in [0.15, 0.2) is 255 Å². The average Bonchev–Trinajstić information content (AvgIpc) is 3.36. The summed E-state index contributed by atoms with van der Waals surface area (Å²) in [7, 11) is 0. The summed E-state index contributed by atoms with van der Waals surface area (Å²) < 4.78 is 0. The predicted molar refractivity (Wildman–Crippen MR) is 347 cm³/mol. The molecule has 2 heterocycles. The Morgan fingerprint density at radius 2 is 0.560 bits per heavy atom. The second-order valence-corrected chi connectivity index (χ2v) is 21.6. The quantitative estimate of drug-likeness (QED) is 0.113. The van der Waals surface area contributed by atoms with Gasteiger partial charge in [-0.1, -0.05) is 211 Å². The second-order valence-electron chi connectivity index (χ2n) is 21.6. The summed E-state index contributed by atoms with van der Waals surface area (Å²) in [4.78, 5) is 37.2. The van der Waals surface area contributed by atoms with Gasteiger partial charge in [0.1, 0.15) is 0 Å². The van der Waals surface area contributed by atoms with Gasteiger partial charge in [-0.3, -0.25) is 0 Å². The van der Waals surface area contributed by atoms with Crippen LogP contribution >= 0.6 is 0 Å². The molecule has 0 unspecified atom stereocenters. The van der Waals surface area contributed by atoms with Gasteiger partial charge in [0.05, 0.1) is 17.1 Å². The van der Waals surface area contributed by atoms with E-state index in [0.717, 1.165) is 89.2 Å². The molecular weight excluding hydrogens is 1020 g/mol. The van der Waals surface area contributed by atoms with Gasteiger partial charge in [-0.15, -0.1) is 0 Å². The van der Waals surface area contributed by atoms with E-state index in [0.29, 0.717) is 35.2 Å². The zero-order valence-electron chi connectivity index (χ0n) is 47.8. The largest absolute Gasteiger partial charge is 0.309 e. The van der Waals surface area contributed by atoms with Crippen LogP contribution in [0.5, 0.6) is 0 Å². The zero-order chi connectivity index (χ0) is 57.3. The zero-order valence-corrected chi connectivity index (χ0v) is 47.8. The Morgan fingerprint density at radius 1 is 0.238 bits per heavy atom. The molecule has 0 fully saturated rings. The Balaban J connectivity index is 1.09. The molecule has 0 amide bonds. The van der Waals surface area contributed by atoms with E-state index in [-0.39, 0.29) is 0 Å². The number of benzene rings is 11. The van der Waals surface area contributed by atoms with Gasteiger partial charge in [0.2, 0.25) is 11.9 Å². The molecule has 0 aliphatic heterocycles. The summed E-state index contributed by atoms with van der Waals surface area (Å²) >= 11 is 0. The lowest BCUT2D eigenvalue weighted by Crippen LogP contribution is -2.19. The molecule has 0 saturated carbocycles. The normalized spacial score (nSPS) is 11.2. The molecule has 13 aromatic rings. The molecule has 404 valence electrons. The van der Waals surface area contributed by atoms with E-state index in [9.17, 15) is 0 Å². The maximum atomic E-state index is 5.60. The smallest absolute Gasteiger partial charge is 0.241 e. The summed E-state index contributed by atoms with van der Waals surface area (Å²) in [6, 6.07) is 88.8. The van der Waals surface area contributed by atoms with Crippen molar-refractivity contribution in [3.63, 3.8) is 0 Å². The van der Waals surface area contributed by atoms with Crippen LogP contribution in [0.2, 0.25) is 0 Å². The van der Waals surface area contributed by atoms with Crippen molar-refractivity contribution >= 4 is 45.4 Å². The summed E-state index contributed by atoms with van der Waals surface area (Å²) in [6.45, 7) is 13.2. The van der Waals surface area contributed by atoms with Gasteiger partial charge in [0, 0.05) is 27.9 Å². The number of rotatable bonds is 13. The molecule has 11 aromatic carbocycles. The number of nitrogens with zero attached hydrogens (tertiary/aromatic N) is 8. The molecule has 0 atom stereocenters. The molecule has 0 radical (unpaired) electrons. The molecular formula is C76H60N8. The Morgan fingerprint density at radius 3 is 0.988 bits per heavy atom. The highest BCUT2D eigenvalue weighted by Gasteiger charge is 2.28. The van der Waals surface area contributed by atoms with E-state index < -0.39 is 0 Å². The number of fused-ring (bicyclic) bond motifs is 1. The van der Waals surface area contributed by atoms with E-state index in [1.165, 1.54) is 33.4 Å². The van der Waals surface area contributed by atoms with Crippen molar-refractivity contribution in [3.8, 4) is 78.9 Å². The summed E-state index contributed by atoms with van der Waals surface area (Å²) in [5.41, 5.74) is 20.8. The van der Waals surface area contributed by atoms with E-state index >= 15 is 0 Å². The average molecular weight is 1090 g/mol. The molecule has 0 saturated heterocycles. The van der Waals surface area contributed by atoms with E-state index in [4.69, 9.17) is 29.9 Å². The van der Waals surface area contributed by atoms with Crippen LogP contribution in [-0.2, 0) is 0 Å². The van der Waals surface area contributed by atoms with Crippen molar-refractivity contribution < 1.29 is 0 Å². The summed E-state index contributed by atoms with van der Waals surface area (Å²) in [6.07, 6.45) is 0. The van der Waals surface area contributed by atoms with Crippen molar-refractivity contribution in [1.82, 2.24) is 29.9 Å². The SMILES string of the molecule is Cc1cc(C)c(N(c2ccc(N(c3nc(-c4ccccc4)nc(-c4cc(-c5ccccc5)cc(-c5ccccc5)c4)n3)c3nc(-c4ccccc4)nc(-c4cc5ccccc5cc4-c4ccccc4)n3)cc2)c2c(C)cc(C)cc2C)c(C)c1. The first-order valence-corrected chi connectivity index (χ1v) is 28.4. The second kappa shape index (κ2) is 22.7. The number of anilines is 6. The summed E-state index contributed by atoms with van der Waals surface area (Å²) in [5, 5.41) is 2.17. The number of aromatic nitrogens is 6.